The highest BCUT2D eigenvalue weighted by atomic mass is 16.5. The zero-order chi connectivity index (χ0) is 14.2. The molecular formula is C17H26N2O2. The van der Waals surface area contributed by atoms with Gasteiger partial charge in [0.1, 0.15) is 0 Å². The minimum Gasteiger partial charge on any atom is -0.375 e. The number of nitrogens with zero attached hydrogens (tertiary/aromatic N) is 2. The monoisotopic (exact) mass is 290 g/mol. The van der Waals surface area contributed by atoms with E-state index in [-0.39, 0.29) is 12.0 Å². The van der Waals surface area contributed by atoms with Gasteiger partial charge in [0, 0.05) is 44.6 Å². The smallest absolute Gasteiger partial charge is 0.226 e. The lowest BCUT2D eigenvalue weighted by Crippen LogP contribution is -2.36. The van der Waals surface area contributed by atoms with Crippen molar-refractivity contribution in [3.63, 3.8) is 0 Å². The third-order valence-corrected chi connectivity index (χ3v) is 5.50. The zero-order valence-corrected chi connectivity index (χ0v) is 12.7. The highest BCUT2D eigenvalue weighted by Crippen LogP contribution is 2.32. The van der Waals surface area contributed by atoms with Crippen molar-refractivity contribution in [2.45, 2.75) is 31.8 Å². The predicted octanol–water partition coefficient (Wildman–Crippen LogP) is 1.52. The molecule has 2 heterocycles. The Balaban J connectivity index is 1.36. The number of likely N-dealkylation sites (tertiary alicyclic amines) is 1. The molecule has 1 amide bonds. The van der Waals surface area contributed by atoms with Crippen LogP contribution in [0.2, 0.25) is 0 Å². The van der Waals surface area contributed by atoms with Crippen molar-refractivity contribution in [2.24, 2.45) is 17.8 Å². The average molecular weight is 290 g/mol. The predicted molar refractivity (Wildman–Crippen MR) is 80.8 cm³/mol. The molecule has 3 fully saturated rings. The molecule has 0 N–H and O–H groups in total. The molecule has 0 bridgehead atoms. The molecule has 0 radical (unpaired) electrons. The Labute approximate surface area is 127 Å². The van der Waals surface area contributed by atoms with E-state index in [0.29, 0.717) is 11.8 Å². The summed E-state index contributed by atoms with van der Waals surface area (Å²) in [6.07, 6.45) is 9.23. The summed E-state index contributed by atoms with van der Waals surface area (Å²) >= 11 is 0. The van der Waals surface area contributed by atoms with E-state index >= 15 is 0 Å². The fourth-order valence-electron chi connectivity index (χ4n) is 4.05. The zero-order valence-electron chi connectivity index (χ0n) is 12.7. The Hall–Kier alpha value is -0.870. The van der Waals surface area contributed by atoms with E-state index in [2.05, 4.69) is 22.0 Å². The molecule has 0 aromatic heterocycles. The molecule has 0 spiro atoms. The van der Waals surface area contributed by atoms with Crippen molar-refractivity contribution in [2.75, 3.05) is 39.3 Å². The van der Waals surface area contributed by atoms with Crippen LogP contribution in [0.4, 0.5) is 0 Å². The molecule has 2 aliphatic carbocycles. The summed E-state index contributed by atoms with van der Waals surface area (Å²) in [6, 6.07) is 0. The summed E-state index contributed by atoms with van der Waals surface area (Å²) in [5.41, 5.74) is 0. The van der Waals surface area contributed by atoms with Crippen LogP contribution < -0.4 is 0 Å². The third-order valence-electron chi connectivity index (χ3n) is 5.50. The summed E-state index contributed by atoms with van der Waals surface area (Å²) in [4.78, 5) is 17.2. The fraction of sp³-hybridized carbons (Fsp3) is 0.824. The van der Waals surface area contributed by atoms with Crippen LogP contribution in [0.3, 0.4) is 0 Å². The summed E-state index contributed by atoms with van der Waals surface area (Å²) in [5.74, 6) is 2.01. The first kappa shape index (κ1) is 13.8. The lowest BCUT2D eigenvalue weighted by molar-refractivity contribution is -0.134. The minimum absolute atomic E-state index is 0.204. The van der Waals surface area contributed by atoms with Gasteiger partial charge in [0.15, 0.2) is 0 Å². The maximum atomic E-state index is 12.6. The lowest BCUT2D eigenvalue weighted by Gasteiger charge is -2.24. The van der Waals surface area contributed by atoms with Gasteiger partial charge in [-0.05, 0) is 31.6 Å². The summed E-state index contributed by atoms with van der Waals surface area (Å²) in [5, 5.41) is 0. The number of allylic oxidation sites excluding steroid dienone is 2. The third kappa shape index (κ3) is 3.02. The normalized spacial score (nSPS) is 34.2. The first-order valence-electron chi connectivity index (χ1n) is 8.57. The van der Waals surface area contributed by atoms with Gasteiger partial charge in [0.05, 0.1) is 12.7 Å². The van der Waals surface area contributed by atoms with Gasteiger partial charge >= 0.3 is 0 Å². The second-order valence-electron chi connectivity index (χ2n) is 7.26. The molecular weight excluding hydrogens is 264 g/mol. The van der Waals surface area contributed by atoms with Crippen LogP contribution in [0.25, 0.3) is 0 Å². The van der Waals surface area contributed by atoms with Crippen LogP contribution >= 0.6 is 0 Å². The first-order valence-corrected chi connectivity index (χ1v) is 8.57. The van der Waals surface area contributed by atoms with E-state index in [1.165, 1.54) is 19.4 Å². The highest BCUT2D eigenvalue weighted by Gasteiger charge is 2.40. The summed E-state index contributed by atoms with van der Waals surface area (Å²) in [6.45, 7) is 5.99. The topological polar surface area (TPSA) is 32.8 Å². The standard InChI is InChI=1S/C17H26N2O2/c20-17(14-3-1-2-4-14)19-11-15-10-18(9-13-5-6-13)7-8-21-16(15)12-19/h1-2,13-16H,3-12H2/t15-,16+/m0/s1. The average Bonchev–Trinajstić information content (AvgIpc) is 3.02. The maximum absolute atomic E-state index is 12.6. The maximum Gasteiger partial charge on any atom is 0.226 e. The number of hydrogen-bond acceptors (Lipinski definition) is 3. The Morgan fingerprint density at radius 2 is 1.95 bits per heavy atom. The van der Waals surface area contributed by atoms with Gasteiger partial charge < -0.3 is 14.5 Å². The van der Waals surface area contributed by atoms with Crippen molar-refractivity contribution in [3.8, 4) is 0 Å². The molecule has 4 rings (SSSR count). The Morgan fingerprint density at radius 1 is 1.14 bits per heavy atom. The van der Waals surface area contributed by atoms with E-state index in [4.69, 9.17) is 4.74 Å². The second kappa shape index (κ2) is 5.73. The van der Waals surface area contributed by atoms with Gasteiger partial charge in [0.25, 0.3) is 0 Å². The molecule has 2 atom stereocenters. The van der Waals surface area contributed by atoms with Crippen LogP contribution in [0.15, 0.2) is 12.2 Å². The van der Waals surface area contributed by atoms with Gasteiger partial charge in [-0.25, -0.2) is 0 Å². The molecule has 4 aliphatic rings. The molecule has 2 aliphatic heterocycles. The van der Waals surface area contributed by atoms with Gasteiger partial charge in [0.2, 0.25) is 5.91 Å². The van der Waals surface area contributed by atoms with Crippen LogP contribution in [-0.4, -0.2) is 61.1 Å². The number of amides is 1. The SMILES string of the molecule is O=C(C1CC=CC1)N1C[C@@H]2CN(CC3CC3)CCO[C@@H]2C1. The number of rotatable bonds is 3. The number of carbonyl (C=O) groups is 1. The van der Waals surface area contributed by atoms with E-state index in [0.717, 1.165) is 51.5 Å². The fourth-order valence-corrected chi connectivity index (χ4v) is 4.05. The minimum atomic E-state index is 0.204. The van der Waals surface area contributed by atoms with Crippen LogP contribution in [0, 0.1) is 17.8 Å². The van der Waals surface area contributed by atoms with Crippen LogP contribution in [0.1, 0.15) is 25.7 Å². The largest absolute Gasteiger partial charge is 0.375 e. The van der Waals surface area contributed by atoms with Gasteiger partial charge in [-0.2, -0.15) is 0 Å². The molecule has 4 heteroatoms. The first-order chi connectivity index (χ1) is 10.3. The van der Waals surface area contributed by atoms with Crippen LogP contribution in [0.5, 0.6) is 0 Å². The molecule has 21 heavy (non-hydrogen) atoms. The molecule has 2 saturated heterocycles. The number of hydrogen-bond donors (Lipinski definition) is 0. The van der Waals surface area contributed by atoms with Crippen LogP contribution in [-0.2, 0) is 9.53 Å². The molecule has 1 saturated carbocycles. The molecule has 0 aromatic carbocycles. The van der Waals surface area contributed by atoms with Crippen molar-refractivity contribution < 1.29 is 9.53 Å². The Morgan fingerprint density at radius 3 is 2.71 bits per heavy atom. The quantitative estimate of drug-likeness (QED) is 0.739. The molecule has 0 aromatic rings. The van der Waals surface area contributed by atoms with E-state index < -0.39 is 0 Å². The van der Waals surface area contributed by atoms with Crippen molar-refractivity contribution in [1.82, 2.24) is 9.80 Å². The highest BCUT2D eigenvalue weighted by molar-refractivity contribution is 5.80. The van der Waals surface area contributed by atoms with Crippen molar-refractivity contribution >= 4 is 5.91 Å². The lowest BCUT2D eigenvalue weighted by atomic mass is 10.1. The van der Waals surface area contributed by atoms with Crippen molar-refractivity contribution in [3.05, 3.63) is 12.2 Å². The van der Waals surface area contributed by atoms with Crippen molar-refractivity contribution in [1.29, 1.82) is 0 Å². The second-order valence-corrected chi connectivity index (χ2v) is 7.26. The van der Waals surface area contributed by atoms with E-state index in [9.17, 15) is 4.79 Å². The molecule has 116 valence electrons. The Bertz CT molecular complexity index is 425. The summed E-state index contributed by atoms with van der Waals surface area (Å²) in [7, 11) is 0. The van der Waals surface area contributed by atoms with Gasteiger partial charge in [-0.3, -0.25) is 4.79 Å². The van der Waals surface area contributed by atoms with E-state index in [1.54, 1.807) is 0 Å². The number of carbonyl (C=O) groups excluding carboxylic acids is 1. The number of ether oxygens (including phenoxy) is 1. The van der Waals surface area contributed by atoms with Gasteiger partial charge in [-0.1, -0.05) is 12.2 Å². The molecule has 0 unspecified atom stereocenters. The summed E-state index contributed by atoms with van der Waals surface area (Å²) < 4.78 is 6.05. The Kier molecular flexibility index (Phi) is 3.76. The van der Waals surface area contributed by atoms with E-state index in [1.807, 2.05) is 0 Å². The van der Waals surface area contributed by atoms with Gasteiger partial charge in [-0.15, -0.1) is 0 Å². The molecule has 4 nitrogen and oxygen atoms in total. The number of fused-ring (bicyclic) bond motifs is 1.